The Balaban J connectivity index is 1.41. The molecule has 1 N–H and O–H groups in total. The molecule has 0 saturated carbocycles. The lowest BCUT2D eigenvalue weighted by atomic mass is 10.00. The molecule has 0 spiro atoms. The summed E-state index contributed by atoms with van der Waals surface area (Å²) in [5, 5.41) is 6.69. The summed E-state index contributed by atoms with van der Waals surface area (Å²) in [6, 6.07) is 25.2. The van der Waals surface area contributed by atoms with Gasteiger partial charge in [0.15, 0.2) is 0 Å². The van der Waals surface area contributed by atoms with Crippen LogP contribution in [0.1, 0.15) is 22.7 Å². The lowest BCUT2D eigenvalue weighted by Gasteiger charge is -2.45. The van der Waals surface area contributed by atoms with Crippen molar-refractivity contribution >= 4 is 29.4 Å². The van der Waals surface area contributed by atoms with Gasteiger partial charge in [0, 0.05) is 25.2 Å². The molecule has 190 valence electrons. The Kier molecular flexibility index (Phi) is 7.12. The third-order valence-corrected chi connectivity index (χ3v) is 7.04. The number of piperazine rings is 1. The van der Waals surface area contributed by atoms with Gasteiger partial charge in [-0.3, -0.25) is 14.6 Å². The summed E-state index contributed by atoms with van der Waals surface area (Å²) in [6.07, 6.45) is -0.498. The number of carbonyl (C=O) groups excluding carboxylic acids is 3. The minimum Gasteiger partial charge on any atom is -0.333 e. The first kappa shape index (κ1) is 24.8. The Bertz CT molecular complexity index is 1290. The second-order valence-electron chi connectivity index (χ2n) is 9.21. The molecule has 37 heavy (non-hydrogen) atoms. The molecular formula is C28H28ClN5O3. The van der Waals surface area contributed by atoms with Crippen LogP contribution in [0.25, 0.3) is 0 Å². The Labute approximate surface area is 221 Å². The zero-order valence-electron chi connectivity index (χ0n) is 20.5. The molecule has 2 heterocycles. The van der Waals surface area contributed by atoms with E-state index in [0.29, 0.717) is 18.1 Å². The van der Waals surface area contributed by atoms with Crippen LogP contribution in [-0.4, -0.2) is 64.0 Å². The molecule has 0 aromatic heterocycles. The minimum absolute atomic E-state index is 0.00153. The number of hydrazine groups is 1. The number of urea groups is 1. The van der Waals surface area contributed by atoms with Crippen LogP contribution in [0.3, 0.4) is 0 Å². The quantitative estimate of drug-likeness (QED) is 0.541. The van der Waals surface area contributed by atoms with Gasteiger partial charge in [0.1, 0.15) is 12.2 Å². The van der Waals surface area contributed by atoms with E-state index in [1.165, 1.54) is 5.01 Å². The van der Waals surface area contributed by atoms with Crippen LogP contribution in [0.15, 0.2) is 84.9 Å². The first-order valence-corrected chi connectivity index (χ1v) is 12.5. The maximum atomic E-state index is 13.8. The molecule has 2 aliphatic heterocycles. The summed E-state index contributed by atoms with van der Waals surface area (Å²) in [5.74, 6) is -0.355. The SMILES string of the molecule is CN(C(=O)NCc1ccccc1)N1CC(=O)N2[C@@H](c3ccccc3)C(=O)N(Cc3cccc(Cl)c3)C[C@@H]21. The third-order valence-electron chi connectivity index (χ3n) is 6.80. The summed E-state index contributed by atoms with van der Waals surface area (Å²) in [7, 11) is 1.65. The van der Waals surface area contributed by atoms with E-state index in [1.807, 2.05) is 78.9 Å². The van der Waals surface area contributed by atoms with Gasteiger partial charge >= 0.3 is 6.03 Å². The summed E-state index contributed by atoms with van der Waals surface area (Å²) in [5.41, 5.74) is 2.61. The molecule has 0 unspecified atom stereocenters. The van der Waals surface area contributed by atoms with E-state index >= 15 is 0 Å². The number of nitrogens with one attached hydrogen (secondary N) is 1. The number of nitrogens with zero attached hydrogens (tertiary/aromatic N) is 4. The van der Waals surface area contributed by atoms with E-state index in [-0.39, 0.29) is 30.9 Å². The Morgan fingerprint density at radius 3 is 2.35 bits per heavy atom. The van der Waals surface area contributed by atoms with Crippen molar-refractivity contribution in [1.29, 1.82) is 0 Å². The maximum absolute atomic E-state index is 13.8. The number of rotatable bonds is 6. The van der Waals surface area contributed by atoms with Crippen molar-refractivity contribution < 1.29 is 14.4 Å². The highest BCUT2D eigenvalue weighted by molar-refractivity contribution is 6.30. The highest BCUT2D eigenvalue weighted by atomic mass is 35.5. The molecule has 0 bridgehead atoms. The molecule has 8 nitrogen and oxygen atoms in total. The fourth-order valence-electron chi connectivity index (χ4n) is 4.96. The number of hydrogen-bond acceptors (Lipinski definition) is 4. The molecular weight excluding hydrogens is 490 g/mol. The van der Waals surface area contributed by atoms with Crippen LogP contribution >= 0.6 is 11.6 Å². The number of fused-ring (bicyclic) bond motifs is 1. The van der Waals surface area contributed by atoms with Crippen molar-refractivity contribution in [3.8, 4) is 0 Å². The molecule has 3 aromatic carbocycles. The van der Waals surface area contributed by atoms with Crippen LogP contribution in [0.5, 0.6) is 0 Å². The predicted octanol–water partition coefficient (Wildman–Crippen LogP) is 3.65. The third kappa shape index (κ3) is 5.16. The molecule has 4 amide bonds. The molecule has 0 aliphatic carbocycles. The average molecular weight is 518 g/mol. The predicted molar refractivity (Wildman–Crippen MR) is 140 cm³/mol. The second kappa shape index (κ2) is 10.6. The summed E-state index contributed by atoms with van der Waals surface area (Å²) in [6.45, 7) is 0.976. The monoisotopic (exact) mass is 517 g/mol. The van der Waals surface area contributed by atoms with E-state index in [4.69, 9.17) is 11.6 Å². The first-order valence-electron chi connectivity index (χ1n) is 12.1. The van der Waals surface area contributed by atoms with Crippen LogP contribution in [0, 0.1) is 0 Å². The Morgan fingerprint density at radius 2 is 1.65 bits per heavy atom. The molecule has 5 rings (SSSR count). The highest BCUT2D eigenvalue weighted by Crippen LogP contribution is 2.36. The van der Waals surface area contributed by atoms with Gasteiger partial charge in [-0.2, -0.15) is 5.01 Å². The molecule has 3 aromatic rings. The molecule has 2 atom stereocenters. The molecule has 0 radical (unpaired) electrons. The van der Waals surface area contributed by atoms with Crippen LogP contribution < -0.4 is 5.32 Å². The van der Waals surface area contributed by atoms with Crippen molar-refractivity contribution in [3.05, 3.63) is 107 Å². The lowest BCUT2D eigenvalue weighted by Crippen LogP contribution is -2.62. The number of hydrogen-bond donors (Lipinski definition) is 1. The number of carbonyl (C=O) groups is 3. The lowest BCUT2D eigenvalue weighted by molar-refractivity contribution is -0.157. The zero-order chi connectivity index (χ0) is 25.9. The smallest absolute Gasteiger partial charge is 0.332 e. The summed E-state index contributed by atoms with van der Waals surface area (Å²) < 4.78 is 0. The van der Waals surface area contributed by atoms with E-state index in [1.54, 1.807) is 27.9 Å². The number of amides is 4. The highest BCUT2D eigenvalue weighted by Gasteiger charge is 2.52. The van der Waals surface area contributed by atoms with Crippen LogP contribution in [-0.2, 0) is 22.7 Å². The van der Waals surface area contributed by atoms with Gasteiger partial charge in [-0.05, 0) is 28.8 Å². The first-order chi connectivity index (χ1) is 17.9. The van der Waals surface area contributed by atoms with Gasteiger partial charge in [0.2, 0.25) is 5.91 Å². The standard InChI is InChI=1S/C28H28ClN5O3/c1-31(28(37)30-16-20-9-4-2-5-10-20)33-19-25(35)34-24(33)18-32(17-21-11-8-14-23(29)15-21)27(36)26(34)22-12-6-3-7-13-22/h2-15,24,26H,16-19H2,1H3,(H,30,37)/t24-,26+/m1/s1. The second-order valence-corrected chi connectivity index (χ2v) is 9.65. The van der Waals surface area contributed by atoms with Crippen molar-refractivity contribution in [1.82, 2.24) is 25.1 Å². The molecule has 9 heteroatoms. The van der Waals surface area contributed by atoms with Gasteiger partial charge in [0.25, 0.3) is 5.91 Å². The van der Waals surface area contributed by atoms with Crippen LogP contribution in [0.2, 0.25) is 5.02 Å². The van der Waals surface area contributed by atoms with E-state index < -0.39 is 12.2 Å². The molecule has 2 saturated heterocycles. The van der Waals surface area contributed by atoms with E-state index in [2.05, 4.69) is 5.32 Å². The van der Waals surface area contributed by atoms with Crippen molar-refractivity contribution in [2.45, 2.75) is 25.3 Å². The van der Waals surface area contributed by atoms with E-state index in [9.17, 15) is 14.4 Å². The van der Waals surface area contributed by atoms with Gasteiger partial charge in [-0.15, -0.1) is 0 Å². The maximum Gasteiger partial charge on any atom is 0.332 e. The van der Waals surface area contributed by atoms with E-state index in [0.717, 1.165) is 16.7 Å². The fraction of sp³-hybridized carbons (Fsp3) is 0.250. The molecule has 2 aliphatic rings. The van der Waals surface area contributed by atoms with Crippen molar-refractivity contribution in [2.24, 2.45) is 0 Å². The zero-order valence-corrected chi connectivity index (χ0v) is 21.2. The summed E-state index contributed by atoms with van der Waals surface area (Å²) in [4.78, 5) is 43.5. The minimum atomic E-state index is -0.780. The van der Waals surface area contributed by atoms with Crippen molar-refractivity contribution in [3.63, 3.8) is 0 Å². The van der Waals surface area contributed by atoms with Crippen molar-refractivity contribution in [2.75, 3.05) is 20.1 Å². The topological polar surface area (TPSA) is 76.2 Å². The van der Waals surface area contributed by atoms with Gasteiger partial charge in [0.05, 0.1) is 13.1 Å². The number of halogens is 1. The molecule has 2 fully saturated rings. The number of benzene rings is 3. The Hall–Kier alpha value is -3.88. The normalized spacial score (nSPS) is 19.6. The fourth-order valence-corrected chi connectivity index (χ4v) is 5.17. The summed E-state index contributed by atoms with van der Waals surface area (Å²) >= 11 is 6.19. The largest absolute Gasteiger partial charge is 0.333 e. The van der Waals surface area contributed by atoms with Gasteiger partial charge in [-0.25, -0.2) is 4.79 Å². The average Bonchev–Trinajstić information content (AvgIpc) is 3.24. The van der Waals surface area contributed by atoms with Crippen LogP contribution in [0.4, 0.5) is 4.79 Å². The van der Waals surface area contributed by atoms with Gasteiger partial charge < -0.3 is 15.1 Å². The van der Waals surface area contributed by atoms with Gasteiger partial charge in [-0.1, -0.05) is 84.4 Å². The Morgan fingerprint density at radius 1 is 0.973 bits per heavy atom.